The summed E-state index contributed by atoms with van der Waals surface area (Å²) in [5, 5.41) is 0.897. The largest absolute Gasteiger partial charge is 0.137 e. The van der Waals surface area contributed by atoms with Crippen molar-refractivity contribution in [2.24, 2.45) is 22.7 Å². The summed E-state index contributed by atoms with van der Waals surface area (Å²) < 4.78 is 0. The molecule has 132 valence electrons. The third kappa shape index (κ3) is 3.91. The van der Waals surface area contributed by atoms with Crippen LogP contribution in [0.4, 0.5) is 0 Å². The second-order valence-corrected chi connectivity index (χ2v) is 14.9. The maximum atomic E-state index is 3.12. The van der Waals surface area contributed by atoms with Gasteiger partial charge in [0.1, 0.15) is 0 Å². The van der Waals surface area contributed by atoms with Crippen molar-refractivity contribution < 1.29 is 0 Å². The first-order chi connectivity index (χ1) is 9.68. The molecule has 0 aliphatic heterocycles. The van der Waals surface area contributed by atoms with E-state index in [2.05, 4.69) is 78.5 Å². The Kier molecular flexibility index (Phi) is 6.31. The van der Waals surface area contributed by atoms with Crippen molar-refractivity contribution >= 4 is 17.2 Å². The molecule has 0 bridgehead atoms. The predicted octanol–water partition coefficient (Wildman–Crippen LogP) is 7.02. The number of rotatable bonds is 3. The van der Waals surface area contributed by atoms with Crippen LogP contribution in [0.15, 0.2) is 0 Å². The number of hydrogen-bond donors (Lipinski definition) is 0. The first-order valence-electron chi connectivity index (χ1n) is 9.15. The van der Waals surface area contributed by atoms with Gasteiger partial charge in [-0.25, -0.2) is 0 Å². The monoisotopic (exact) mass is 344 g/mol. The van der Waals surface area contributed by atoms with Crippen LogP contribution >= 0.6 is 17.2 Å². The third-order valence-corrected chi connectivity index (χ3v) is 11.0. The van der Waals surface area contributed by atoms with E-state index < -0.39 is 0 Å². The second kappa shape index (κ2) is 6.64. The molecule has 22 heavy (non-hydrogen) atoms. The van der Waals surface area contributed by atoms with E-state index in [-0.39, 0.29) is 7.92 Å². The SMILES string of the molecule is CC1CCC(CP(C(C)(C)C)C(C)(C)C)C1(CP)C(C)(C)C. The zero-order valence-electron chi connectivity index (χ0n) is 17.0. The molecule has 0 saturated heterocycles. The summed E-state index contributed by atoms with van der Waals surface area (Å²) in [6.45, 7) is 24.8. The van der Waals surface area contributed by atoms with Crippen LogP contribution in [-0.4, -0.2) is 22.6 Å². The summed E-state index contributed by atoms with van der Waals surface area (Å²) >= 11 is 0. The van der Waals surface area contributed by atoms with Gasteiger partial charge in [0.2, 0.25) is 0 Å². The Morgan fingerprint density at radius 3 is 1.68 bits per heavy atom. The Hall–Kier alpha value is 0.860. The van der Waals surface area contributed by atoms with Crippen molar-refractivity contribution in [1.82, 2.24) is 0 Å². The van der Waals surface area contributed by atoms with Gasteiger partial charge in [0.25, 0.3) is 0 Å². The summed E-state index contributed by atoms with van der Waals surface area (Å²) in [7, 11) is 3.13. The van der Waals surface area contributed by atoms with Gasteiger partial charge in [-0.2, -0.15) is 0 Å². The zero-order valence-corrected chi connectivity index (χ0v) is 19.1. The Labute approximate surface area is 144 Å². The third-order valence-electron chi connectivity index (χ3n) is 6.31. The van der Waals surface area contributed by atoms with E-state index in [1.54, 1.807) is 0 Å². The van der Waals surface area contributed by atoms with Crippen LogP contribution in [0.25, 0.3) is 0 Å². The Bertz CT molecular complexity index is 353. The summed E-state index contributed by atoms with van der Waals surface area (Å²) in [5.74, 6) is 1.75. The van der Waals surface area contributed by atoms with Crippen molar-refractivity contribution in [3.05, 3.63) is 0 Å². The number of hydrogen-bond acceptors (Lipinski definition) is 0. The molecular weight excluding hydrogens is 302 g/mol. The molecule has 0 radical (unpaired) electrons. The minimum absolute atomic E-state index is 0.00658. The highest BCUT2D eigenvalue weighted by atomic mass is 31.1. The fourth-order valence-electron chi connectivity index (χ4n) is 5.42. The topological polar surface area (TPSA) is 0 Å². The molecule has 1 saturated carbocycles. The molecule has 1 fully saturated rings. The van der Waals surface area contributed by atoms with E-state index in [1.807, 2.05) is 0 Å². The van der Waals surface area contributed by atoms with E-state index in [1.165, 1.54) is 25.2 Å². The highest BCUT2D eigenvalue weighted by Crippen LogP contribution is 2.66. The molecule has 0 N–H and O–H groups in total. The molecule has 0 aromatic heterocycles. The van der Waals surface area contributed by atoms with Crippen LogP contribution in [0, 0.1) is 22.7 Å². The van der Waals surface area contributed by atoms with Crippen molar-refractivity contribution in [3.63, 3.8) is 0 Å². The molecule has 0 aromatic carbocycles. The summed E-state index contributed by atoms with van der Waals surface area (Å²) in [5.41, 5.74) is 0.890. The van der Waals surface area contributed by atoms with Gasteiger partial charge in [0, 0.05) is 0 Å². The highest BCUT2D eigenvalue weighted by molar-refractivity contribution is 7.60. The van der Waals surface area contributed by atoms with Gasteiger partial charge < -0.3 is 0 Å². The van der Waals surface area contributed by atoms with Crippen LogP contribution in [0.1, 0.15) is 82.1 Å². The first-order valence-corrected chi connectivity index (χ1v) is 11.5. The first kappa shape index (κ1) is 20.9. The predicted molar refractivity (Wildman–Crippen MR) is 110 cm³/mol. The smallest absolute Gasteiger partial charge is 0.0157 e. The lowest BCUT2D eigenvalue weighted by molar-refractivity contribution is 0.0345. The fraction of sp³-hybridized carbons (Fsp3) is 1.00. The lowest BCUT2D eigenvalue weighted by Crippen LogP contribution is -2.46. The highest BCUT2D eigenvalue weighted by Gasteiger charge is 2.54. The van der Waals surface area contributed by atoms with Crippen molar-refractivity contribution in [3.8, 4) is 0 Å². The summed E-state index contributed by atoms with van der Waals surface area (Å²) in [4.78, 5) is 0. The van der Waals surface area contributed by atoms with Gasteiger partial charge in [0.05, 0.1) is 0 Å². The molecule has 2 heteroatoms. The van der Waals surface area contributed by atoms with Crippen LogP contribution in [0.2, 0.25) is 0 Å². The van der Waals surface area contributed by atoms with E-state index >= 15 is 0 Å². The zero-order chi connectivity index (χ0) is 17.6. The van der Waals surface area contributed by atoms with Crippen LogP contribution in [0.5, 0.6) is 0 Å². The standard InChI is InChI=1S/C20H42P2/c1-15-11-12-16(20(15,14-21)17(2,3)4)13-22(18(5,6)7)19(8,9)10/h15-16H,11-14,21H2,1-10H3. The molecule has 0 nitrogen and oxygen atoms in total. The summed E-state index contributed by atoms with van der Waals surface area (Å²) in [6.07, 6.45) is 5.59. The van der Waals surface area contributed by atoms with Gasteiger partial charge in [-0.3, -0.25) is 0 Å². The molecule has 4 atom stereocenters. The van der Waals surface area contributed by atoms with Crippen molar-refractivity contribution in [2.45, 2.75) is 92.4 Å². The molecule has 1 aliphatic carbocycles. The lowest BCUT2D eigenvalue weighted by atomic mass is 9.59. The van der Waals surface area contributed by atoms with Crippen molar-refractivity contribution in [1.29, 1.82) is 0 Å². The quantitative estimate of drug-likeness (QED) is 0.483. The van der Waals surface area contributed by atoms with Crippen LogP contribution < -0.4 is 0 Å². The molecule has 0 spiro atoms. The maximum absolute atomic E-state index is 3.12. The average Bonchev–Trinajstić information content (AvgIpc) is 2.59. The average molecular weight is 345 g/mol. The Balaban J connectivity index is 3.19. The van der Waals surface area contributed by atoms with Gasteiger partial charge >= 0.3 is 0 Å². The Morgan fingerprint density at radius 1 is 0.909 bits per heavy atom. The van der Waals surface area contributed by atoms with Gasteiger partial charge in [-0.15, -0.1) is 9.24 Å². The minimum Gasteiger partial charge on any atom is -0.137 e. The normalized spacial score (nSPS) is 31.1. The maximum Gasteiger partial charge on any atom is -0.0157 e. The van der Waals surface area contributed by atoms with Gasteiger partial charge in [-0.05, 0) is 58.1 Å². The second-order valence-electron chi connectivity index (χ2n) is 10.6. The fourth-order valence-corrected chi connectivity index (χ4v) is 10.8. The Morgan fingerprint density at radius 2 is 1.36 bits per heavy atom. The summed E-state index contributed by atoms with van der Waals surface area (Å²) in [6, 6.07) is 0. The lowest BCUT2D eigenvalue weighted by Gasteiger charge is -2.52. The van der Waals surface area contributed by atoms with Crippen molar-refractivity contribution in [2.75, 3.05) is 12.3 Å². The molecule has 0 heterocycles. The van der Waals surface area contributed by atoms with E-state index in [0.29, 0.717) is 21.1 Å². The van der Waals surface area contributed by atoms with Gasteiger partial charge in [0.15, 0.2) is 0 Å². The molecule has 1 aliphatic rings. The minimum atomic E-state index is 0.00658. The van der Waals surface area contributed by atoms with Crippen LogP contribution in [0.3, 0.4) is 0 Å². The molecule has 4 unspecified atom stereocenters. The molecule has 0 amide bonds. The van der Waals surface area contributed by atoms with E-state index in [4.69, 9.17) is 0 Å². The van der Waals surface area contributed by atoms with E-state index in [9.17, 15) is 0 Å². The van der Waals surface area contributed by atoms with Crippen LogP contribution in [-0.2, 0) is 0 Å². The van der Waals surface area contributed by atoms with E-state index in [0.717, 1.165) is 11.8 Å². The molecule has 1 rings (SSSR count). The van der Waals surface area contributed by atoms with Gasteiger partial charge in [-0.1, -0.05) is 77.2 Å². The molecule has 0 aromatic rings. The molecular formula is C20H42P2.